The summed E-state index contributed by atoms with van der Waals surface area (Å²) in [6, 6.07) is 7.42. The Morgan fingerprint density at radius 3 is 2.70 bits per heavy atom. The molecule has 0 aliphatic carbocycles. The molecule has 2 aromatic rings. The van der Waals surface area contributed by atoms with E-state index in [0.29, 0.717) is 11.6 Å². The summed E-state index contributed by atoms with van der Waals surface area (Å²) in [4.78, 5) is 0. The monoisotopic (exact) mass is 294 g/mol. The molecule has 1 heterocycles. The van der Waals surface area contributed by atoms with E-state index in [1.807, 2.05) is 31.3 Å². The lowest BCUT2D eigenvalue weighted by molar-refractivity contribution is 0.260. The molecule has 0 aliphatic heterocycles. The number of nitrogens with zero attached hydrogens (tertiary/aromatic N) is 3. The first-order chi connectivity index (χ1) is 9.70. The molecule has 0 radical (unpaired) electrons. The molecular formula is C14H19ClN4O. The minimum Gasteiger partial charge on any atom is -0.492 e. The number of rotatable bonds is 7. The molecule has 1 aromatic heterocycles. The van der Waals surface area contributed by atoms with E-state index < -0.39 is 0 Å². The standard InChI is InChI=1S/C14H19ClN4O/c1-3-8-16-13(14-9-17-18-19(14)2)10-20-12-6-4-11(15)5-7-12/h4-7,9,13,16H,3,8,10H2,1-2H3. The molecule has 5 nitrogen and oxygen atoms in total. The molecule has 0 saturated carbocycles. The van der Waals surface area contributed by atoms with E-state index in [9.17, 15) is 0 Å². The fourth-order valence-corrected chi connectivity index (χ4v) is 2.02. The average Bonchev–Trinajstić information content (AvgIpc) is 2.87. The van der Waals surface area contributed by atoms with Gasteiger partial charge in [0.2, 0.25) is 0 Å². The van der Waals surface area contributed by atoms with Gasteiger partial charge in [0.25, 0.3) is 0 Å². The van der Waals surface area contributed by atoms with Gasteiger partial charge in [0.15, 0.2) is 0 Å². The maximum Gasteiger partial charge on any atom is 0.119 e. The zero-order chi connectivity index (χ0) is 14.4. The molecule has 1 N–H and O–H groups in total. The molecule has 1 aromatic carbocycles. The van der Waals surface area contributed by atoms with Gasteiger partial charge in [0.1, 0.15) is 12.4 Å². The van der Waals surface area contributed by atoms with Crippen LogP contribution in [-0.4, -0.2) is 28.1 Å². The highest BCUT2D eigenvalue weighted by atomic mass is 35.5. The third-order valence-electron chi connectivity index (χ3n) is 2.98. The summed E-state index contributed by atoms with van der Waals surface area (Å²) in [5.74, 6) is 0.799. The maximum atomic E-state index is 5.86. The molecule has 0 aliphatic rings. The lowest BCUT2D eigenvalue weighted by Crippen LogP contribution is -2.29. The Morgan fingerprint density at radius 2 is 2.10 bits per heavy atom. The SMILES string of the molecule is CCCNC(COc1ccc(Cl)cc1)c1cnnn1C. The number of aryl methyl sites for hydroxylation is 1. The molecule has 0 spiro atoms. The number of hydrogen-bond acceptors (Lipinski definition) is 4. The molecule has 1 unspecified atom stereocenters. The van der Waals surface area contributed by atoms with Crippen LogP contribution in [0.2, 0.25) is 5.02 Å². The van der Waals surface area contributed by atoms with Gasteiger partial charge in [-0.3, -0.25) is 4.68 Å². The van der Waals surface area contributed by atoms with Gasteiger partial charge in [0.05, 0.1) is 17.9 Å². The second kappa shape index (κ2) is 7.26. The molecule has 20 heavy (non-hydrogen) atoms. The van der Waals surface area contributed by atoms with Gasteiger partial charge >= 0.3 is 0 Å². The molecule has 1 atom stereocenters. The molecule has 108 valence electrons. The van der Waals surface area contributed by atoms with Crippen molar-refractivity contribution >= 4 is 11.6 Å². The summed E-state index contributed by atoms with van der Waals surface area (Å²) >= 11 is 5.86. The summed E-state index contributed by atoms with van der Waals surface area (Å²) in [6.07, 6.45) is 2.82. The Balaban J connectivity index is 2.01. The Labute approximate surface area is 123 Å². The lowest BCUT2D eigenvalue weighted by atomic mass is 10.2. The summed E-state index contributed by atoms with van der Waals surface area (Å²) in [5, 5.41) is 12.0. The van der Waals surface area contributed by atoms with Crippen LogP contribution >= 0.6 is 11.6 Å². The van der Waals surface area contributed by atoms with Crippen LogP contribution in [0.4, 0.5) is 0 Å². The third kappa shape index (κ3) is 3.95. The first-order valence-electron chi connectivity index (χ1n) is 6.67. The highest BCUT2D eigenvalue weighted by Crippen LogP contribution is 2.18. The van der Waals surface area contributed by atoms with Crippen LogP contribution in [0.15, 0.2) is 30.5 Å². The Bertz CT molecular complexity index is 526. The second-order valence-electron chi connectivity index (χ2n) is 4.55. The van der Waals surface area contributed by atoms with Crippen molar-refractivity contribution in [1.29, 1.82) is 0 Å². The van der Waals surface area contributed by atoms with Gasteiger partial charge in [-0.15, -0.1) is 5.10 Å². The normalized spacial score (nSPS) is 12.3. The van der Waals surface area contributed by atoms with Crippen LogP contribution in [0.25, 0.3) is 0 Å². The molecule has 0 bridgehead atoms. The van der Waals surface area contributed by atoms with Crippen molar-refractivity contribution in [2.24, 2.45) is 7.05 Å². The predicted molar refractivity (Wildman–Crippen MR) is 79.0 cm³/mol. The Hall–Kier alpha value is -1.59. The number of ether oxygens (including phenoxy) is 1. The van der Waals surface area contributed by atoms with E-state index in [-0.39, 0.29) is 6.04 Å². The highest BCUT2D eigenvalue weighted by Gasteiger charge is 2.15. The number of aromatic nitrogens is 3. The van der Waals surface area contributed by atoms with Crippen LogP contribution in [-0.2, 0) is 7.05 Å². The number of halogens is 1. The molecule has 0 amide bonds. The summed E-state index contributed by atoms with van der Waals surface area (Å²) in [6.45, 7) is 3.56. The Morgan fingerprint density at radius 1 is 1.35 bits per heavy atom. The van der Waals surface area contributed by atoms with Crippen molar-refractivity contribution in [3.05, 3.63) is 41.2 Å². The first-order valence-corrected chi connectivity index (χ1v) is 7.05. The minimum atomic E-state index is 0.0608. The van der Waals surface area contributed by atoms with Gasteiger partial charge in [-0.2, -0.15) is 0 Å². The van der Waals surface area contributed by atoms with Gasteiger partial charge in [-0.1, -0.05) is 23.7 Å². The van der Waals surface area contributed by atoms with E-state index in [4.69, 9.17) is 16.3 Å². The second-order valence-corrected chi connectivity index (χ2v) is 4.99. The van der Waals surface area contributed by atoms with E-state index in [2.05, 4.69) is 22.6 Å². The van der Waals surface area contributed by atoms with Gasteiger partial charge in [-0.05, 0) is 37.2 Å². The first kappa shape index (κ1) is 14.8. The van der Waals surface area contributed by atoms with Gasteiger partial charge < -0.3 is 10.1 Å². The minimum absolute atomic E-state index is 0.0608. The van der Waals surface area contributed by atoms with Gasteiger partial charge in [-0.25, -0.2) is 0 Å². The largest absolute Gasteiger partial charge is 0.492 e. The predicted octanol–water partition coefficient (Wildman–Crippen LogP) is 2.59. The van der Waals surface area contributed by atoms with Crippen LogP contribution in [0.1, 0.15) is 25.1 Å². The fourth-order valence-electron chi connectivity index (χ4n) is 1.89. The zero-order valence-corrected chi connectivity index (χ0v) is 12.5. The van der Waals surface area contributed by atoms with E-state index in [0.717, 1.165) is 24.4 Å². The van der Waals surface area contributed by atoms with Crippen LogP contribution in [0.5, 0.6) is 5.75 Å². The fraction of sp³-hybridized carbons (Fsp3) is 0.429. The van der Waals surface area contributed by atoms with Crippen LogP contribution in [0, 0.1) is 0 Å². The van der Waals surface area contributed by atoms with Crippen molar-refractivity contribution in [1.82, 2.24) is 20.3 Å². The average molecular weight is 295 g/mol. The van der Waals surface area contributed by atoms with Crippen molar-refractivity contribution in [3.63, 3.8) is 0 Å². The van der Waals surface area contributed by atoms with E-state index >= 15 is 0 Å². The lowest BCUT2D eigenvalue weighted by Gasteiger charge is -2.18. The molecule has 6 heteroatoms. The third-order valence-corrected chi connectivity index (χ3v) is 3.23. The molecule has 0 fully saturated rings. The smallest absolute Gasteiger partial charge is 0.119 e. The summed E-state index contributed by atoms with van der Waals surface area (Å²) < 4.78 is 7.57. The van der Waals surface area contributed by atoms with Crippen LogP contribution in [0.3, 0.4) is 0 Å². The zero-order valence-electron chi connectivity index (χ0n) is 11.7. The summed E-state index contributed by atoms with van der Waals surface area (Å²) in [7, 11) is 1.88. The number of hydrogen-bond donors (Lipinski definition) is 1. The van der Waals surface area contributed by atoms with Crippen molar-refractivity contribution in [2.75, 3.05) is 13.2 Å². The molecule has 0 saturated heterocycles. The maximum absolute atomic E-state index is 5.86. The van der Waals surface area contributed by atoms with E-state index in [1.165, 1.54) is 0 Å². The number of benzene rings is 1. The van der Waals surface area contributed by atoms with Crippen molar-refractivity contribution in [2.45, 2.75) is 19.4 Å². The Kier molecular flexibility index (Phi) is 5.38. The highest BCUT2D eigenvalue weighted by molar-refractivity contribution is 6.30. The molecule has 2 rings (SSSR count). The van der Waals surface area contributed by atoms with Crippen molar-refractivity contribution < 1.29 is 4.74 Å². The quantitative estimate of drug-likeness (QED) is 0.853. The van der Waals surface area contributed by atoms with E-state index in [1.54, 1.807) is 10.9 Å². The summed E-state index contributed by atoms with van der Waals surface area (Å²) in [5.41, 5.74) is 1.01. The number of nitrogens with one attached hydrogen (secondary N) is 1. The topological polar surface area (TPSA) is 52.0 Å². The van der Waals surface area contributed by atoms with Crippen LogP contribution < -0.4 is 10.1 Å². The van der Waals surface area contributed by atoms with Gasteiger partial charge in [0, 0.05) is 12.1 Å². The van der Waals surface area contributed by atoms with Crippen molar-refractivity contribution in [3.8, 4) is 5.75 Å². The molecular weight excluding hydrogens is 276 g/mol.